The number of hydrogen-bond donors (Lipinski definition) is 1. The summed E-state index contributed by atoms with van der Waals surface area (Å²) in [6.07, 6.45) is 2.72. The molecule has 0 spiro atoms. The molecule has 1 atom stereocenters. The average Bonchev–Trinajstić information content (AvgIpc) is 2.64. The zero-order chi connectivity index (χ0) is 13.6. The maximum absolute atomic E-state index is 11.5. The van der Waals surface area contributed by atoms with Crippen molar-refractivity contribution in [2.24, 2.45) is 18.2 Å². The van der Waals surface area contributed by atoms with Gasteiger partial charge in [-0.3, -0.25) is 4.57 Å². The molecule has 1 saturated carbocycles. The van der Waals surface area contributed by atoms with Crippen molar-refractivity contribution in [2.45, 2.75) is 25.3 Å². The van der Waals surface area contributed by atoms with E-state index in [1.165, 1.54) is 4.57 Å². The third-order valence-electron chi connectivity index (χ3n) is 4.24. The minimum Gasteiger partial charge on any atom is -0.408 e. The average molecular weight is 257 g/mol. The number of aromatic nitrogens is 1. The van der Waals surface area contributed by atoms with E-state index in [0.29, 0.717) is 5.58 Å². The summed E-state index contributed by atoms with van der Waals surface area (Å²) in [7, 11) is 1.66. The topological polar surface area (TPSA) is 84.9 Å². The third-order valence-corrected chi connectivity index (χ3v) is 4.24. The van der Waals surface area contributed by atoms with Gasteiger partial charge in [0.15, 0.2) is 5.58 Å². The molecule has 0 amide bonds. The molecule has 98 valence electrons. The minimum absolute atomic E-state index is 0.332. The summed E-state index contributed by atoms with van der Waals surface area (Å²) in [5.74, 6) is -0.389. The van der Waals surface area contributed by atoms with Crippen LogP contribution in [-0.4, -0.2) is 4.57 Å². The predicted octanol–water partition coefficient (Wildman–Crippen LogP) is 1.83. The highest BCUT2D eigenvalue weighted by atomic mass is 16.4. The smallest absolute Gasteiger partial charge is 0.408 e. The van der Waals surface area contributed by atoms with Crippen LogP contribution in [0.3, 0.4) is 0 Å². The summed E-state index contributed by atoms with van der Waals surface area (Å²) in [5, 5.41) is 9.32. The Hall–Kier alpha value is -2.06. The van der Waals surface area contributed by atoms with Crippen LogP contribution in [0.25, 0.3) is 11.1 Å². The van der Waals surface area contributed by atoms with Crippen LogP contribution in [0.4, 0.5) is 0 Å². The molecule has 5 heteroatoms. The molecule has 1 aromatic carbocycles. The van der Waals surface area contributed by atoms with Crippen molar-refractivity contribution in [3.8, 4) is 6.07 Å². The Labute approximate surface area is 110 Å². The van der Waals surface area contributed by atoms with Crippen molar-refractivity contribution >= 4 is 11.1 Å². The van der Waals surface area contributed by atoms with Crippen molar-refractivity contribution in [2.75, 3.05) is 0 Å². The van der Waals surface area contributed by atoms with Gasteiger partial charge in [0.2, 0.25) is 0 Å². The molecule has 2 aromatic rings. The molecule has 3 rings (SSSR count). The number of fused-ring (bicyclic) bond motifs is 1. The molecule has 0 aliphatic heterocycles. The van der Waals surface area contributed by atoms with Crippen molar-refractivity contribution < 1.29 is 4.42 Å². The predicted molar refractivity (Wildman–Crippen MR) is 70.3 cm³/mol. The van der Waals surface area contributed by atoms with Crippen LogP contribution < -0.4 is 11.5 Å². The van der Waals surface area contributed by atoms with E-state index >= 15 is 0 Å². The quantitative estimate of drug-likeness (QED) is 0.889. The van der Waals surface area contributed by atoms with Crippen LogP contribution in [0.2, 0.25) is 0 Å². The zero-order valence-electron chi connectivity index (χ0n) is 10.7. The second-order valence-corrected chi connectivity index (χ2v) is 5.25. The normalized spacial score (nSPS) is 18.8. The van der Waals surface area contributed by atoms with E-state index in [-0.39, 0.29) is 11.8 Å². The van der Waals surface area contributed by atoms with E-state index < -0.39 is 5.41 Å². The monoisotopic (exact) mass is 257 g/mol. The first-order valence-corrected chi connectivity index (χ1v) is 6.34. The Morgan fingerprint density at radius 3 is 2.84 bits per heavy atom. The summed E-state index contributed by atoms with van der Waals surface area (Å²) in [6.45, 7) is 0. The lowest BCUT2D eigenvalue weighted by Crippen LogP contribution is -2.39. The number of nitrogens with zero attached hydrogens (tertiary/aromatic N) is 2. The lowest BCUT2D eigenvalue weighted by atomic mass is 9.64. The number of oxazole rings is 1. The number of nitriles is 1. The van der Waals surface area contributed by atoms with Crippen LogP contribution in [0.1, 0.15) is 30.9 Å². The molecule has 5 nitrogen and oxygen atoms in total. The Kier molecular flexibility index (Phi) is 2.51. The lowest BCUT2D eigenvalue weighted by Gasteiger charge is -2.40. The summed E-state index contributed by atoms with van der Waals surface area (Å²) in [6, 6.07) is 7.49. The van der Waals surface area contributed by atoms with Gasteiger partial charge in [-0.25, -0.2) is 4.79 Å². The summed E-state index contributed by atoms with van der Waals surface area (Å²) in [4.78, 5) is 11.5. The number of aryl methyl sites for hydroxylation is 1. The first kappa shape index (κ1) is 12.0. The van der Waals surface area contributed by atoms with Crippen molar-refractivity contribution in [3.63, 3.8) is 0 Å². The summed E-state index contributed by atoms with van der Waals surface area (Å²) < 4.78 is 6.61. The van der Waals surface area contributed by atoms with Crippen LogP contribution in [0, 0.1) is 16.7 Å². The first-order chi connectivity index (χ1) is 9.07. The van der Waals surface area contributed by atoms with E-state index in [0.717, 1.165) is 30.3 Å². The van der Waals surface area contributed by atoms with E-state index in [9.17, 15) is 10.1 Å². The van der Waals surface area contributed by atoms with Gasteiger partial charge < -0.3 is 10.2 Å². The molecule has 1 aliphatic rings. The van der Waals surface area contributed by atoms with Crippen LogP contribution in [0.5, 0.6) is 0 Å². The Morgan fingerprint density at radius 1 is 1.53 bits per heavy atom. The van der Waals surface area contributed by atoms with Gasteiger partial charge in [-0.1, -0.05) is 12.5 Å². The first-order valence-electron chi connectivity index (χ1n) is 6.34. The number of benzene rings is 1. The van der Waals surface area contributed by atoms with Gasteiger partial charge in [-0.15, -0.1) is 0 Å². The molecule has 1 unspecified atom stereocenters. The highest BCUT2D eigenvalue weighted by Crippen LogP contribution is 2.48. The minimum atomic E-state index is -0.456. The van der Waals surface area contributed by atoms with E-state index in [2.05, 4.69) is 6.07 Å². The van der Waals surface area contributed by atoms with Gasteiger partial charge in [0.05, 0.1) is 17.0 Å². The molecule has 0 bridgehead atoms. The van der Waals surface area contributed by atoms with Gasteiger partial charge in [0, 0.05) is 13.1 Å². The van der Waals surface area contributed by atoms with Crippen LogP contribution in [-0.2, 0) is 7.05 Å². The Bertz CT molecular complexity index is 731. The second kappa shape index (κ2) is 3.97. The van der Waals surface area contributed by atoms with E-state index in [1.807, 2.05) is 12.1 Å². The second-order valence-electron chi connectivity index (χ2n) is 5.25. The molecular weight excluding hydrogens is 242 g/mol. The summed E-state index contributed by atoms with van der Waals surface area (Å²) >= 11 is 0. The standard InChI is InChI=1S/C14H15N3O2/c1-17-10-4-3-9(7-11(10)19-13(17)18)12(16)14(8-15)5-2-6-14/h3-4,7,12H,2,5-6,16H2,1H3. The molecule has 19 heavy (non-hydrogen) atoms. The van der Waals surface area contributed by atoms with Gasteiger partial charge in [0.1, 0.15) is 0 Å². The van der Waals surface area contributed by atoms with Gasteiger partial charge in [0.25, 0.3) is 0 Å². The molecule has 0 radical (unpaired) electrons. The number of hydrogen-bond acceptors (Lipinski definition) is 4. The summed E-state index contributed by atoms with van der Waals surface area (Å²) in [5.41, 5.74) is 7.88. The zero-order valence-corrected chi connectivity index (χ0v) is 10.7. The number of nitrogens with two attached hydrogens (primary N) is 1. The molecule has 1 heterocycles. The molecule has 1 aromatic heterocycles. The fourth-order valence-corrected chi connectivity index (χ4v) is 2.71. The SMILES string of the molecule is Cn1c(=O)oc2cc(C(N)C3(C#N)CCC3)ccc21. The third kappa shape index (κ3) is 1.60. The van der Waals surface area contributed by atoms with Gasteiger partial charge in [-0.2, -0.15) is 5.26 Å². The maximum atomic E-state index is 11.5. The molecular formula is C14H15N3O2. The molecule has 1 aliphatic carbocycles. The van der Waals surface area contributed by atoms with Gasteiger partial charge >= 0.3 is 5.76 Å². The molecule has 1 fully saturated rings. The largest absolute Gasteiger partial charge is 0.419 e. The van der Waals surface area contributed by atoms with Gasteiger partial charge in [-0.05, 0) is 30.5 Å². The van der Waals surface area contributed by atoms with Crippen molar-refractivity contribution in [1.82, 2.24) is 4.57 Å². The molecule has 2 N–H and O–H groups in total. The van der Waals surface area contributed by atoms with E-state index in [1.54, 1.807) is 13.1 Å². The highest BCUT2D eigenvalue weighted by molar-refractivity contribution is 5.73. The van der Waals surface area contributed by atoms with E-state index in [4.69, 9.17) is 10.2 Å². The number of rotatable bonds is 2. The fraction of sp³-hybridized carbons (Fsp3) is 0.429. The Balaban J connectivity index is 2.07. The van der Waals surface area contributed by atoms with Crippen LogP contribution >= 0.6 is 0 Å². The lowest BCUT2D eigenvalue weighted by molar-refractivity contribution is 0.169. The van der Waals surface area contributed by atoms with Crippen LogP contribution in [0.15, 0.2) is 27.4 Å². The maximum Gasteiger partial charge on any atom is 0.419 e. The highest BCUT2D eigenvalue weighted by Gasteiger charge is 2.43. The van der Waals surface area contributed by atoms with Crippen molar-refractivity contribution in [1.29, 1.82) is 5.26 Å². The Morgan fingerprint density at radius 2 is 2.26 bits per heavy atom. The van der Waals surface area contributed by atoms with Crippen molar-refractivity contribution in [3.05, 3.63) is 34.3 Å². The molecule has 0 saturated heterocycles. The fourth-order valence-electron chi connectivity index (χ4n) is 2.71.